The van der Waals surface area contributed by atoms with Crippen LogP contribution in [0.5, 0.6) is 0 Å². The number of aliphatic hydroxyl groups excluding tert-OH is 1. The van der Waals surface area contributed by atoms with Crippen molar-refractivity contribution in [2.45, 2.75) is 19.4 Å². The van der Waals surface area contributed by atoms with E-state index in [9.17, 15) is 14.7 Å². The Morgan fingerprint density at radius 2 is 1.95 bits per heavy atom. The standard InChI is InChI=1S/C16H18N2O3S/c1-16(2,10-19)18-14(20)11-5-3-6-12(9-11)17-15(21)13-7-4-8-22-13/h3-9,19H,10H2,1-2H3,(H,17,21)(H,18,20). The zero-order chi connectivity index (χ0) is 16.2. The number of carbonyl (C=O) groups excluding carboxylic acids is 2. The van der Waals surface area contributed by atoms with Gasteiger partial charge in [0.1, 0.15) is 0 Å². The molecule has 0 bridgehead atoms. The van der Waals surface area contributed by atoms with Crippen molar-refractivity contribution in [3.8, 4) is 0 Å². The average molecular weight is 318 g/mol. The molecule has 0 atom stereocenters. The van der Waals surface area contributed by atoms with Crippen LogP contribution >= 0.6 is 11.3 Å². The average Bonchev–Trinajstić information content (AvgIpc) is 3.01. The highest BCUT2D eigenvalue weighted by molar-refractivity contribution is 7.12. The third-order valence-corrected chi connectivity index (χ3v) is 3.84. The van der Waals surface area contributed by atoms with E-state index in [1.54, 1.807) is 50.2 Å². The van der Waals surface area contributed by atoms with Crippen molar-refractivity contribution < 1.29 is 14.7 Å². The Labute approximate surface area is 133 Å². The van der Waals surface area contributed by atoms with Gasteiger partial charge in [-0.2, -0.15) is 0 Å². The van der Waals surface area contributed by atoms with Crippen LogP contribution in [0.15, 0.2) is 41.8 Å². The summed E-state index contributed by atoms with van der Waals surface area (Å²) in [5.74, 6) is -0.505. The Kier molecular flexibility index (Phi) is 4.95. The molecule has 0 aliphatic carbocycles. The largest absolute Gasteiger partial charge is 0.394 e. The molecule has 22 heavy (non-hydrogen) atoms. The fraction of sp³-hybridized carbons (Fsp3) is 0.250. The van der Waals surface area contributed by atoms with Gasteiger partial charge in [0.15, 0.2) is 0 Å². The van der Waals surface area contributed by atoms with E-state index < -0.39 is 5.54 Å². The van der Waals surface area contributed by atoms with Crippen LogP contribution in [-0.4, -0.2) is 29.1 Å². The van der Waals surface area contributed by atoms with Crippen LogP contribution < -0.4 is 10.6 Å². The number of hydrogen-bond donors (Lipinski definition) is 3. The molecule has 2 aromatic rings. The van der Waals surface area contributed by atoms with E-state index in [-0.39, 0.29) is 18.4 Å². The van der Waals surface area contributed by atoms with Crippen molar-refractivity contribution in [2.24, 2.45) is 0 Å². The van der Waals surface area contributed by atoms with Crippen molar-refractivity contribution >= 4 is 28.8 Å². The molecule has 0 aliphatic rings. The Bertz CT molecular complexity index is 666. The predicted octanol–water partition coefficient (Wildman–Crippen LogP) is 2.50. The summed E-state index contributed by atoms with van der Waals surface area (Å²) in [5.41, 5.74) is 0.270. The van der Waals surface area contributed by atoms with E-state index in [0.29, 0.717) is 16.1 Å². The monoisotopic (exact) mass is 318 g/mol. The highest BCUT2D eigenvalue weighted by Gasteiger charge is 2.20. The van der Waals surface area contributed by atoms with Crippen molar-refractivity contribution in [1.82, 2.24) is 5.32 Å². The van der Waals surface area contributed by atoms with Gasteiger partial charge in [0, 0.05) is 11.3 Å². The van der Waals surface area contributed by atoms with Gasteiger partial charge in [-0.25, -0.2) is 0 Å². The summed E-state index contributed by atoms with van der Waals surface area (Å²) in [4.78, 5) is 24.8. The zero-order valence-electron chi connectivity index (χ0n) is 12.4. The second kappa shape index (κ2) is 6.72. The zero-order valence-corrected chi connectivity index (χ0v) is 13.2. The SMILES string of the molecule is CC(C)(CO)NC(=O)c1cccc(NC(=O)c2cccs2)c1. The fourth-order valence-corrected chi connectivity index (χ4v) is 2.38. The number of amides is 2. The molecule has 0 fully saturated rings. The molecule has 0 unspecified atom stereocenters. The topological polar surface area (TPSA) is 78.4 Å². The minimum Gasteiger partial charge on any atom is -0.394 e. The van der Waals surface area contributed by atoms with Gasteiger partial charge in [-0.3, -0.25) is 9.59 Å². The van der Waals surface area contributed by atoms with Crippen LogP contribution in [0, 0.1) is 0 Å². The first kappa shape index (κ1) is 16.2. The molecule has 0 aliphatic heterocycles. The van der Waals surface area contributed by atoms with E-state index in [0.717, 1.165) is 0 Å². The van der Waals surface area contributed by atoms with E-state index in [1.165, 1.54) is 11.3 Å². The van der Waals surface area contributed by atoms with Gasteiger partial charge in [-0.1, -0.05) is 12.1 Å². The van der Waals surface area contributed by atoms with Crippen LogP contribution in [0.1, 0.15) is 33.9 Å². The molecule has 0 radical (unpaired) electrons. The van der Waals surface area contributed by atoms with Crippen molar-refractivity contribution in [2.75, 3.05) is 11.9 Å². The maximum Gasteiger partial charge on any atom is 0.265 e. The van der Waals surface area contributed by atoms with Crippen LogP contribution in [-0.2, 0) is 0 Å². The summed E-state index contributed by atoms with van der Waals surface area (Å²) in [6.45, 7) is 3.30. The fourth-order valence-electron chi connectivity index (χ4n) is 1.76. The number of aliphatic hydroxyl groups is 1. The molecule has 0 saturated carbocycles. The molecular weight excluding hydrogens is 300 g/mol. The number of hydrogen-bond acceptors (Lipinski definition) is 4. The van der Waals surface area contributed by atoms with Gasteiger partial charge in [0.05, 0.1) is 17.0 Å². The molecule has 0 saturated heterocycles. The van der Waals surface area contributed by atoms with E-state index in [1.807, 2.05) is 5.38 Å². The third-order valence-electron chi connectivity index (χ3n) is 2.97. The van der Waals surface area contributed by atoms with Crippen molar-refractivity contribution in [3.63, 3.8) is 0 Å². The number of benzene rings is 1. The Balaban J connectivity index is 2.10. The number of rotatable bonds is 5. The molecule has 1 aromatic carbocycles. The lowest BCUT2D eigenvalue weighted by Crippen LogP contribution is -2.46. The summed E-state index contributed by atoms with van der Waals surface area (Å²) in [6, 6.07) is 10.2. The highest BCUT2D eigenvalue weighted by atomic mass is 32.1. The molecule has 3 N–H and O–H groups in total. The number of carbonyl (C=O) groups is 2. The lowest BCUT2D eigenvalue weighted by Gasteiger charge is -2.23. The Morgan fingerprint density at radius 3 is 2.59 bits per heavy atom. The third kappa shape index (κ3) is 4.16. The quantitative estimate of drug-likeness (QED) is 0.792. The minimum atomic E-state index is -0.701. The second-order valence-corrected chi connectivity index (χ2v) is 6.46. The van der Waals surface area contributed by atoms with E-state index in [2.05, 4.69) is 10.6 Å². The Hall–Kier alpha value is -2.18. The Morgan fingerprint density at radius 1 is 1.18 bits per heavy atom. The summed E-state index contributed by atoms with van der Waals surface area (Å²) < 4.78 is 0. The van der Waals surface area contributed by atoms with Crippen LogP contribution in [0.25, 0.3) is 0 Å². The van der Waals surface area contributed by atoms with Crippen LogP contribution in [0.4, 0.5) is 5.69 Å². The van der Waals surface area contributed by atoms with Crippen molar-refractivity contribution in [3.05, 3.63) is 52.2 Å². The van der Waals surface area contributed by atoms with Gasteiger partial charge < -0.3 is 15.7 Å². The molecule has 116 valence electrons. The molecular formula is C16H18N2O3S. The smallest absolute Gasteiger partial charge is 0.265 e. The van der Waals surface area contributed by atoms with Crippen LogP contribution in [0.3, 0.4) is 0 Å². The summed E-state index contributed by atoms with van der Waals surface area (Å²) in [6.07, 6.45) is 0. The molecule has 2 amide bonds. The minimum absolute atomic E-state index is 0.159. The molecule has 0 spiro atoms. The summed E-state index contributed by atoms with van der Waals surface area (Å²) >= 11 is 1.35. The number of thiophene rings is 1. The summed E-state index contributed by atoms with van der Waals surface area (Å²) in [5, 5.41) is 16.5. The first-order valence-corrected chi connectivity index (χ1v) is 7.67. The van der Waals surface area contributed by atoms with Gasteiger partial charge >= 0.3 is 0 Å². The van der Waals surface area contributed by atoms with E-state index in [4.69, 9.17) is 0 Å². The predicted molar refractivity (Wildman–Crippen MR) is 87.3 cm³/mol. The molecule has 1 aromatic heterocycles. The summed E-state index contributed by atoms with van der Waals surface area (Å²) in [7, 11) is 0. The maximum absolute atomic E-state index is 12.2. The first-order valence-electron chi connectivity index (χ1n) is 6.79. The normalized spacial score (nSPS) is 11.0. The number of anilines is 1. The molecule has 1 heterocycles. The highest BCUT2D eigenvalue weighted by Crippen LogP contribution is 2.15. The van der Waals surface area contributed by atoms with E-state index >= 15 is 0 Å². The van der Waals surface area contributed by atoms with Gasteiger partial charge in [0.2, 0.25) is 0 Å². The lowest BCUT2D eigenvalue weighted by atomic mass is 10.1. The van der Waals surface area contributed by atoms with Crippen molar-refractivity contribution in [1.29, 1.82) is 0 Å². The van der Waals surface area contributed by atoms with Gasteiger partial charge in [-0.05, 0) is 43.5 Å². The second-order valence-electron chi connectivity index (χ2n) is 5.51. The first-order chi connectivity index (χ1) is 10.4. The lowest BCUT2D eigenvalue weighted by molar-refractivity contribution is 0.0868. The number of nitrogens with one attached hydrogen (secondary N) is 2. The van der Waals surface area contributed by atoms with Crippen LogP contribution in [0.2, 0.25) is 0 Å². The molecule has 2 rings (SSSR count). The maximum atomic E-state index is 12.2. The van der Waals surface area contributed by atoms with Gasteiger partial charge in [-0.15, -0.1) is 11.3 Å². The van der Waals surface area contributed by atoms with Gasteiger partial charge in [0.25, 0.3) is 11.8 Å². The molecule has 6 heteroatoms. The molecule has 5 nitrogen and oxygen atoms in total.